The van der Waals surface area contributed by atoms with Gasteiger partial charge in [-0.2, -0.15) is 0 Å². The molecule has 3 N–H and O–H groups in total. The largest absolute Gasteiger partial charge is 0.497 e. The standard InChI is InChI=1S/C24H29N3O3/c1-24(2,3)14-6-8-17-13(10-14)11-18-21(26-17)20(22(27-18)23(25)28)16-12-15(29-4)7-9-19(16)30-5/h7,9,11-12,14,27H,6,8,10H2,1-5H3,(H2,25,28). The maximum atomic E-state index is 12.3. The quantitative estimate of drug-likeness (QED) is 0.666. The zero-order valence-corrected chi connectivity index (χ0v) is 18.3. The summed E-state index contributed by atoms with van der Waals surface area (Å²) < 4.78 is 11.0. The number of pyridine rings is 1. The third-order valence-corrected chi connectivity index (χ3v) is 6.28. The van der Waals surface area contributed by atoms with E-state index in [1.807, 2.05) is 18.2 Å². The van der Waals surface area contributed by atoms with Crippen LogP contribution in [0.5, 0.6) is 11.5 Å². The maximum absolute atomic E-state index is 12.3. The molecule has 1 atom stereocenters. The van der Waals surface area contributed by atoms with Crippen molar-refractivity contribution < 1.29 is 14.3 Å². The molecular formula is C24H29N3O3. The lowest BCUT2D eigenvalue weighted by Crippen LogP contribution is -2.27. The summed E-state index contributed by atoms with van der Waals surface area (Å²) in [7, 11) is 3.21. The van der Waals surface area contributed by atoms with Crippen molar-refractivity contribution in [3.05, 3.63) is 41.2 Å². The van der Waals surface area contributed by atoms with Crippen molar-refractivity contribution in [3.63, 3.8) is 0 Å². The van der Waals surface area contributed by atoms with Crippen molar-refractivity contribution in [2.24, 2.45) is 17.1 Å². The fraction of sp³-hybridized carbons (Fsp3) is 0.417. The number of hydrogen-bond donors (Lipinski definition) is 2. The Morgan fingerprint density at radius 1 is 1.20 bits per heavy atom. The number of amides is 1. The van der Waals surface area contributed by atoms with Crippen LogP contribution >= 0.6 is 0 Å². The molecule has 1 amide bonds. The molecule has 4 rings (SSSR count). The molecule has 2 heterocycles. The van der Waals surface area contributed by atoms with E-state index in [0.717, 1.165) is 41.6 Å². The smallest absolute Gasteiger partial charge is 0.265 e. The van der Waals surface area contributed by atoms with E-state index in [1.165, 1.54) is 5.56 Å². The van der Waals surface area contributed by atoms with Gasteiger partial charge in [0.1, 0.15) is 17.2 Å². The molecule has 0 saturated carbocycles. The maximum Gasteiger partial charge on any atom is 0.265 e. The highest BCUT2D eigenvalue weighted by Crippen LogP contribution is 2.42. The summed E-state index contributed by atoms with van der Waals surface area (Å²) >= 11 is 0. The number of nitrogens with zero attached hydrogens (tertiary/aromatic N) is 1. The predicted molar refractivity (Wildman–Crippen MR) is 118 cm³/mol. The van der Waals surface area contributed by atoms with Crippen molar-refractivity contribution in [2.45, 2.75) is 40.0 Å². The molecule has 1 aliphatic rings. The highest BCUT2D eigenvalue weighted by Gasteiger charge is 2.31. The molecule has 0 spiro atoms. The zero-order chi connectivity index (χ0) is 21.6. The molecule has 6 heteroatoms. The summed E-state index contributed by atoms with van der Waals surface area (Å²) in [6, 6.07) is 7.63. The van der Waals surface area contributed by atoms with E-state index in [1.54, 1.807) is 14.2 Å². The van der Waals surface area contributed by atoms with Crippen LogP contribution < -0.4 is 15.2 Å². The molecular weight excluding hydrogens is 378 g/mol. The van der Waals surface area contributed by atoms with Gasteiger partial charge in [-0.05, 0) is 60.4 Å². The van der Waals surface area contributed by atoms with Gasteiger partial charge in [0.05, 0.1) is 25.3 Å². The van der Waals surface area contributed by atoms with Gasteiger partial charge in [-0.25, -0.2) is 0 Å². The number of ether oxygens (including phenoxy) is 2. The molecule has 158 valence electrons. The summed E-state index contributed by atoms with van der Waals surface area (Å²) in [6.45, 7) is 6.88. The molecule has 2 aromatic heterocycles. The SMILES string of the molecule is COc1ccc(OC)c(-c2c(C(N)=O)[nH]c3cc4c(nc23)CCC(C(C)(C)C)C4)c1. The number of methoxy groups -OCH3 is 2. The second kappa shape index (κ2) is 7.35. The number of aryl methyl sites for hydroxylation is 1. The number of benzene rings is 1. The van der Waals surface area contributed by atoms with Crippen molar-refractivity contribution in [3.8, 4) is 22.6 Å². The number of primary amides is 1. The van der Waals surface area contributed by atoms with Gasteiger partial charge in [-0.1, -0.05) is 20.8 Å². The van der Waals surface area contributed by atoms with Gasteiger partial charge in [0.15, 0.2) is 0 Å². The number of aromatic amines is 1. The van der Waals surface area contributed by atoms with Crippen LogP contribution in [0.1, 0.15) is 48.9 Å². The molecule has 0 saturated heterocycles. The molecule has 0 radical (unpaired) electrons. The minimum Gasteiger partial charge on any atom is -0.497 e. The Hall–Kier alpha value is -3.02. The lowest BCUT2D eigenvalue weighted by Gasteiger charge is -2.34. The van der Waals surface area contributed by atoms with E-state index < -0.39 is 5.91 Å². The van der Waals surface area contributed by atoms with Crippen LogP contribution in [0.15, 0.2) is 24.3 Å². The van der Waals surface area contributed by atoms with Crippen LogP contribution in [0.4, 0.5) is 0 Å². The topological polar surface area (TPSA) is 90.2 Å². The van der Waals surface area contributed by atoms with Gasteiger partial charge in [0.25, 0.3) is 5.91 Å². The Balaban J connectivity index is 1.94. The molecule has 1 aromatic carbocycles. The van der Waals surface area contributed by atoms with Gasteiger partial charge in [-0.3, -0.25) is 9.78 Å². The number of nitrogens with one attached hydrogen (secondary N) is 1. The van der Waals surface area contributed by atoms with Gasteiger partial charge in [-0.15, -0.1) is 0 Å². The third kappa shape index (κ3) is 3.40. The number of nitrogens with two attached hydrogens (primary N) is 1. The summed E-state index contributed by atoms with van der Waals surface area (Å²) in [5.74, 6) is 1.37. The number of fused-ring (bicyclic) bond motifs is 2. The van der Waals surface area contributed by atoms with Gasteiger partial charge < -0.3 is 20.2 Å². The van der Waals surface area contributed by atoms with E-state index in [9.17, 15) is 4.79 Å². The first-order valence-corrected chi connectivity index (χ1v) is 10.3. The molecule has 30 heavy (non-hydrogen) atoms. The molecule has 6 nitrogen and oxygen atoms in total. The van der Waals surface area contributed by atoms with Crippen LogP contribution in [0, 0.1) is 11.3 Å². The first-order chi connectivity index (χ1) is 14.2. The first-order valence-electron chi connectivity index (χ1n) is 10.3. The fourth-order valence-corrected chi connectivity index (χ4v) is 4.46. The highest BCUT2D eigenvalue weighted by atomic mass is 16.5. The Kier molecular flexibility index (Phi) is 4.96. The van der Waals surface area contributed by atoms with Crippen LogP contribution in [-0.2, 0) is 12.8 Å². The summed E-state index contributed by atoms with van der Waals surface area (Å²) in [5, 5.41) is 0. The van der Waals surface area contributed by atoms with Crippen LogP contribution in [0.2, 0.25) is 0 Å². The number of hydrogen-bond acceptors (Lipinski definition) is 4. The summed E-state index contributed by atoms with van der Waals surface area (Å²) in [6.07, 6.45) is 3.03. The van der Waals surface area contributed by atoms with E-state index in [2.05, 4.69) is 31.8 Å². The lowest BCUT2D eigenvalue weighted by molar-refractivity contribution is 0.0997. The molecule has 1 unspecified atom stereocenters. The predicted octanol–water partition coefficient (Wildman–Crippen LogP) is 4.50. The van der Waals surface area contributed by atoms with Crippen LogP contribution in [0.3, 0.4) is 0 Å². The monoisotopic (exact) mass is 407 g/mol. The fourth-order valence-electron chi connectivity index (χ4n) is 4.46. The first kappa shape index (κ1) is 20.3. The van der Waals surface area contributed by atoms with E-state index >= 15 is 0 Å². The van der Waals surface area contributed by atoms with Crippen molar-refractivity contribution in [2.75, 3.05) is 14.2 Å². The summed E-state index contributed by atoms with van der Waals surface area (Å²) in [4.78, 5) is 20.5. The summed E-state index contributed by atoms with van der Waals surface area (Å²) in [5.41, 5.74) is 11.6. The van der Waals surface area contributed by atoms with Crippen molar-refractivity contribution >= 4 is 16.9 Å². The molecule has 3 aromatic rings. The molecule has 1 aliphatic carbocycles. The minimum atomic E-state index is -0.529. The number of aromatic nitrogens is 2. The van der Waals surface area contributed by atoms with E-state index in [4.69, 9.17) is 20.2 Å². The van der Waals surface area contributed by atoms with Crippen LogP contribution in [0.25, 0.3) is 22.2 Å². The molecule has 0 fully saturated rings. The Labute approximate surface area is 176 Å². The lowest BCUT2D eigenvalue weighted by atomic mass is 9.71. The van der Waals surface area contributed by atoms with Crippen molar-refractivity contribution in [1.82, 2.24) is 9.97 Å². The normalized spacial score (nSPS) is 16.4. The van der Waals surface area contributed by atoms with Gasteiger partial charge in [0.2, 0.25) is 0 Å². The third-order valence-electron chi connectivity index (χ3n) is 6.28. The molecule has 0 bridgehead atoms. The van der Waals surface area contributed by atoms with E-state index in [0.29, 0.717) is 28.7 Å². The van der Waals surface area contributed by atoms with E-state index in [-0.39, 0.29) is 5.41 Å². The average molecular weight is 408 g/mol. The number of carbonyl (C=O) groups is 1. The highest BCUT2D eigenvalue weighted by molar-refractivity contribution is 6.09. The van der Waals surface area contributed by atoms with Gasteiger partial charge in [0, 0.05) is 16.8 Å². The molecule has 0 aliphatic heterocycles. The van der Waals surface area contributed by atoms with Crippen molar-refractivity contribution in [1.29, 1.82) is 0 Å². The Morgan fingerprint density at radius 2 is 1.97 bits per heavy atom. The average Bonchev–Trinajstić information content (AvgIpc) is 3.08. The Morgan fingerprint density at radius 3 is 2.60 bits per heavy atom. The number of carbonyl (C=O) groups excluding carboxylic acids is 1. The second-order valence-electron chi connectivity index (χ2n) is 9.10. The minimum absolute atomic E-state index is 0.250. The number of H-pyrrole nitrogens is 1. The second-order valence-corrected chi connectivity index (χ2v) is 9.10. The van der Waals surface area contributed by atoms with Crippen LogP contribution in [-0.4, -0.2) is 30.1 Å². The zero-order valence-electron chi connectivity index (χ0n) is 18.3. The number of rotatable bonds is 4. The van der Waals surface area contributed by atoms with Gasteiger partial charge >= 0.3 is 0 Å². The Bertz CT molecular complexity index is 1120.